The van der Waals surface area contributed by atoms with Crippen molar-refractivity contribution in [1.82, 2.24) is 25.2 Å². The largest absolute Gasteiger partial charge is 0.293 e. The van der Waals surface area contributed by atoms with Crippen molar-refractivity contribution in [3.8, 4) is 5.13 Å². The Hall–Kier alpha value is -1.63. The van der Waals surface area contributed by atoms with Crippen molar-refractivity contribution >= 4 is 17.1 Å². The monoisotopic (exact) mass is 223 g/mol. The fraction of sp³-hybridized carbons (Fsp3) is 0.375. The molecule has 0 saturated heterocycles. The van der Waals surface area contributed by atoms with Crippen molar-refractivity contribution in [1.29, 1.82) is 0 Å². The smallest absolute Gasteiger partial charge is 0.234 e. The van der Waals surface area contributed by atoms with Crippen molar-refractivity contribution in [3.05, 3.63) is 16.4 Å². The van der Waals surface area contributed by atoms with Crippen LogP contribution in [0.3, 0.4) is 0 Å². The second kappa shape index (κ2) is 3.50. The van der Waals surface area contributed by atoms with E-state index in [1.54, 1.807) is 6.92 Å². The van der Waals surface area contributed by atoms with Gasteiger partial charge in [-0.05, 0) is 13.8 Å². The van der Waals surface area contributed by atoms with Gasteiger partial charge in [0.25, 0.3) is 0 Å². The van der Waals surface area contributed by atoms with E-state index in [1.807, 2.05) is 6.92 Å². The molecule has 78 valence electrons. The van der Waals surface area contributed by atoms with Gasteiger partial charge in [-0.1, -0.05) is 16.6 Å². The van der Waals surface area contributed by atoms with E-state index < -0.39 is 0 Å². The molecule has 0 fully saturated rings. The SMILES string of the molecule is CC(=O)c1nnn(-c2nnc(C)s2)c1C. The van der Waals surface area contributed by atoms with Gasteiger partial charge in [-0.2, -0.15) is 4.68 Å². The average Bonchev–Trinajstić information content (AvgIpc) is 2.71. The van der Waals surface area contributed by atoms with Gasteiger partial charge in [0, 0.05) is 6.92 Å². The minimum Gasteiger partial charge on any atom is -0.293 e. The van der Waals surface area contributed by atoms with Crippen molar-refractivity contribution < 1.29 is 4.79 Å². The minimum absolute atomic E-state index is 0.0972. The highest BCUT2D eigenvalue weighted by molar-refractivity contribution is 7.13. The van der Waals surface area contributed by atoms with E-state index in [4.69, 9.17) is 0 Å². The summed E-state index contributed by atoms with van der Waals surface area (Å²) in [6.45, 7) is 5.11. The first-order chi connectivity index (χ1) is 7.09. The number of hydrogen-bond donors (Lipinski definition) is 0. The Balaban J connectivity index is 2.50. The standard InChI is InChI=1S/C8H9N5OS/c1-4-7(5(2)14)10-12-13(4)8-11-9-6(3)15-8/h1-3H3. The number of Topliss-reactive ketones (excluding diaryl/α,β-unsaturated/α-hetero) is 1. The predicted molar refractivity (Wildman–Crippen MR) is 54.3 cm³/mol. The fourth-order valence-corrected chi connectivity index (χ4v) is 1.90. The van der Waals surface area contributed by atoms with E-state index in [0.717, 1.165) is 5.01 Å². The summed E-state index contributed by atoms with van der Waals surface area (Å²) in [4.78, 5) is 11.2. The molecule has 0 atom stereocenters. The molecule has 2 heterocycles. The molecule has 7 heteroatoms. The fourth-order valence-electron chi connectivity index (χ4n) is 1.21. The summed E-state index contributed by atoms with van der Waals surface area (Å²) >= 11 is 1.41. The van der Waals surface area contributed by atoms with Gasteiger partial charge in [-0.3, -0.25) is 4.79 Å². The van der Waals surface area contributed by atoms with Gasteiger partial charge < -0.3 is 0 Å². The number of carbonyl (C=O) groups is 1. The van der Waals surface area contributed by atoms with Crippen LogP contribution in [0.15, 0.2) is 0 Å². The number of aromatic nitrogens is 5. The van der Waals surface area contributed by atoms with Gasteiger partial charge in [-0.15, -0.1) is 15.3 Å². The van der Waals surface area contributed by atoms with E-state index in [2.05, 4.69) is 20.5 Å². The molecule has 0 aromatic carbocycles. The highest BCUT2D eigenvalue weighted by Crippen LogP contribution is 2.16. The second-order valence-corrected chi connectivity index (χ2v) is 4.26. The first-order valence-electron chi connectivity index (χ1n) is 4.33. The van der Waals surface area contributed by atoms with Crippen LogP contribution in [0, 0.1) is 13.8 Å². The zero-order chi connectivity index (χ0) is 11.0. The molecule has 0 aliphatic heterocycles. The molecule has 0 aliphatic carbocycles. The summed E-state index contributed by atoms with van der Waals surface area (Å²) in [5.41, 5.74) is 1.07. The maximum atomic E-state index is 11.2. The molecule has 0 aliphatic rings. The summed E-state index contributed by atoms with van der Waals surface area (Å²) < 4.78 is 1.53. The van der Waals surface area contributed by atoms with Crippen molar-refractivity contribution in [2.24, 2.45) is 0 Å². The van der Waals surface area contributed by atoms with Crippen LogP contribution in [-0.2, 0) is 0 Å². The number of rotatable bonds is 2. The third kappa shape index (κ3) is 1.65. The van der Waals surface area contributed by atoms with Crippen LogP contribution >= 0.6 is 11.3 Å². The molecular weight excluding hydrogens is 214 g/mol. The van der Waals surface area contributed by atoms with Gasteiger partial charge >= 0.3 is 0 Å². The highest BCUT2D eigenvalue weighted by Gasteiger charge is 2.15. The lowest BCUT2D eigenvalue weighted by Crippen LogP contribution is -2.00. The molecule has 2 rings (SSSR count). The van der Waals surface area contributed by atoms with Crippen LogP contribution in [0.1, 0.15) is 28.1 Å². The van der Waals surface area contributed by atoms with E-state index in [1.165, 1.54) is 22.9 Å². The number of aryl methyl sites for hydroxylation is 1. The van der Waals surface area contributed by atoms with Gasteiger partial charge in [0.15, 0.2) is 11.5 Å². The normalized spacial score (nSPS) is 10.6. The van der Waals surface area contributed by atoms with Crippen LogP contribution in [0.5, 0.6) is 0 Å². The Labute approximate surface area is 90.0 Å². The van der Waals surface area contributed by atoms with Gasteiger partial charge in [0.2, 0.25) is 5.13 Å². The summed E-state index contributed by atoms with van der Waals surface area (Å²) in [5.74, 6) is -0.0972. The summed E-state index contributed by atoms with van der Waals surface area (Å²) in [6, 6.07) is 0. The van der Waals surface area contributed by atoms with Crippen molar-refractivity contribution in [2.75, 3.05) is 0 Å². The molecule has 0 amide bonds. The lowest BCUT2D eigenvalue weighted by molar-refractivity contribution is 0.101. The zero-order valence-electron chi connectivity index (χ0n) is 8.55. The number of carbonyl (C=O) groups excluding carboxylic acids is 1. The van der Waals surface area contributed by atoms with Gasteiger partial charge in [0.1, 0.15) is 5.01 Å². The van der Waals surface area contributed by atoms with Crippen LogP contribution in [0.4, 0.5) is 0 Å². The Morgan fingerprint density at radius 2 is 2.00 bits per heavy atom. The third-order valence-electron chi connectivity index (χ3n) is 1.92. The molecule has 0 N–H and O–H groups in total. The number of hydrogen-bond acceptors (Lipinski definition) is 6. The van der Waals surface area contributed by atoms with E-state index >= 15 is 0 Å². The van der Waals surface area contributed by atoms with E-state index in [-0.39, 0.29) is 5.78 Å². The molecule has 0 saturated carbocycles. The molecule has 0 unspecified atom stereocenters. The molecule has 6 nitrogen and oxygen atoms in total. The minimum atomic E-state index is -0.0972. The van der Waals surface area contributed by atoms with E-state index in [0.29, 0.717) is 16.5 Å². The zero-order valence-corrected chi connectivity index (χ0v) is 9.37. The lowest BCUT2D eigenvalue weighted by Gasteiger charge is -1.95. The number of ketones is 1. The second-order valence-electron chi connectivity index (χ2n) is 3.10. The van der Waals surface area contributed by atoms with Crippen molar-refractivity contribution in [3.63, 3.8) is 0 Å². The van der Waals surface area contributed by atoms with E-state index in [9.17, 15) is 4.79 Å². The quantitative estimate of drug-likeness (QED) is 0.708. The van der Waals surface area contributed by atoms with Crippen LogP contribution in [0.2, 0.25) is 0 Å². The van der Waals surface area contributed by atoms with Crippen LogP contribution in [-0.4, -0.2) is 31.0 Å². The third-order valence-corrected chi connectivity index (χ3v) is 2.74. The maximum Gasteiger partial charge on any atom is 0.234 e. The summed E-state index contributed by atoms with van der Waals surface area (Å²) in [5, 5.41) is 17.0. The van der Waals surface area contributed by atoms with Gasteiger partial charge in [-0.25, -0.2) is 0 Å². The molecule has 0 bridgehead atoms. The van der Waals surface area contributed by atoms with Gasteiger partial charge in [0.05, 0.1) is 5.69 Å². The first-order valence-corrected chi connectivity index (χ1v) is 5.15. The topological polar surface area (TPSA) is 73.6 Å². The molecule has 2 aromatic heterocycles. The lowest BCUT2D eigenvalue weighted by atomic mass is 10.3. The van der Waals surface area contributed by atoms with Crippen LogP contribution in [0.25, 0.3) is 5.13 Å². The average molecular weight is 223 g/mol. The number of nitrogens with zero attached hydrogens (tertiary/aromatic N) is 5. The molecule has 2 aromatic rings. The summed E-state index contributed by atoms with van der Waals surface area (Å²) in [6.07, 6.45) is 0. The first kappa shape index (κ1) is 9.91. The maximum absolute atomic E-state index is 11.2. The molecular formula is C8H9N5OS. The van der Waals surface area contributed by atoms with Crippen molar-refractivity contribution in [2.45, 2.75) is 20.8 Å². The Morgan fingerprint density at radius 1 is 1.27 bits per heavy atom. The predicted octanol–water partition coefficient (Wildman–Crippen LogP) is 0.938. The summed E-state index contributed by atoms with van der Waals surface area (Å²) in [7, 11) is 0. The molecule has 0 radical (unpaired) electrons. The Bertz CT molecular complexity index is 515. The Kier molecular flexibility index (Phi) is 2.31. The Morgan fingerprint density at radius 3 is 2.47 bits per heavy atom. The highest BCUT2D eigenvalue weighted by atomic mass is 32.1. The van der Waals surface area contributed by atoms with Crippen LogP contribution < -0.4 is 0 Å². The molecule has 15 heavy (non-hydrogen) atoms. The molecule has 0 spiro atoms.